The van der Waals surface area contributed by atoms with Crippen LogP contribution in [0.1, 0.15) is 51.0 Å². The molecule has 0 aromatic heterocycles. The number of hydrogen-bond acceptors (Lipinski definition) is 3. The largest absolute Gasteiger partial charge is 0.369 e. The predicted molar refractivity (Wildman–Crippen MR) is 101 cm³/mol. The van der Waals surface area contributed by atoms with Crippen LogP contribution in [0.3, 0.4) is 0 Å². The number of benzene rings is 1. The molecule has 24 heavy (non-hydrogen) atoms. The second-order valence-corrected chi connectivity index (χ2v) is 6.86. The fourth-order valence-corrected chi connectivity index (χ4v) is 3.19. The Morgan fingerprint density at radius 1 is 1.04 bits per heavy atom. The number of unbranched alkanes of at least 4 members (excludes halogenated alkanes) is 4. The molecule has 0 radical (unpaired) electrons. The number of nitrogens with one attached hydrogen (secondary N) is 1. The molecule has 0 saturated carbocycles. The van der Waals surface area contributed by atoms with Gasteiger partial charge in [-0.3, -0.25) is 4.79 Å². The van der Waals surface area contributed by atoms with E-state index >= 15 is 0 Å². The number of likely N-dealkylation sites (N-methyl/N-ethyl adjacent to an activating group) is 1. The molecule has 1 N–H and O–H groups in total. The van der Waals surface area contributed by atoms with Crippen molar-refractivity contribution >= 4 is 11.6 Å². The molecule has 134 valence electrons. The molecule has 1 amide bonds. The number of piperazine rings is 1. The summed E-state index contributed by atoms with van der Waals surface area (Å²) in [5.74, 6) is 0.180. The van der Waals surface area contributed by atoms with E-state index in [9.17, 15) is 4.79 Å². The fraction of sp³-hybridized carbons (Fsp3) is 0.650. The Hall–Kier alpha value is -1.55. The van der Waals surface area contributed by atoms with E-state index in [1.54, 1.807) is 0 Å². The van der Waals surface area contributed by atoms with Crippen molar-refractivity contribution < 1.29 is 4.79 Å². The van der Waals surface area contributed by atoms with E-state index in [4.69, 9.17) is 0 Å². The number of carbonyl (C=O) groups excluding carboxylic acids is 1. The van der Waals surface area contributed by atoms with Crippen LogP contribution in [0.15, 0.2) is 24.3 Å². The second kappa shape index (κ2) is 10.3. The smallest absolute Gasteiger partial charge is 0.220 e. The zero-order valence-corrected chi connectivity index (χ0v) is 15.4. The molecule has 1 aromatic rings. The lowest BCUT2D eigenvalue weighted by Crippen LogP contribution is -2.45. The molecule has 0 bridgehead atoms. The molecular weight excluding hydrogens is 298 g/mol. The van der Waals surface area contributed by atoms with Crippen LogP contribution in [0.2, 0.25) is 0 Å². The summed E-state index contributed by atoms with van der Waals surface area (Å²) >= 11 is 0. The van der Waals surface area contributed by atoms with Crippen molar-refractivity contribution in [3.8, 4) is 0 Å². The third-order valence-corrected chi connectivity index (χ3v) is 4.82. The maximum absolute atomic E-state index is 12.0. The summed E-state index contributed by atoms with van der Waals surface area (Å²) in [6, 6.07) is 8.46. The third-order valence-electron chi connectivity index (χ3n) is 4.82. The van der Waals surface area contributed by atoms with Gasteiger partial charge in [0.25, 0.3) is 0 Å². The molecule has 1 aliphatic heterocycles. The number of rotatable bonds is 9. The van der Waals surface area contributed by atoms with Gasteiger partial charge in [0, 0.05) is 44.8 Å². The van der Waals surface area contributed by atoms with Gasteiger partial charge in [-0.1, -0.05) is 50.8 Å². The molecule has 1 aliphatic rings. The molecule has 1 heterocycles. The van der Waals surface area contributed by atoms with E-state index in [-0.39, 0.29) is 5.91 Å². The van der Waals surface area contributed by atoms with Crippen molar-refractivity contribution in [1.29, 1.82) is 0 Å². The average Bonchev–Trinajstić information content (AvgIpc) is 2.61. The zero-order valence-electron chi connectivity index (χ0n) is 15.4. The molecule has 0 aliphatic carbocycles. The Bertz CT molecular complexity index is 495. The van der Waals surface area contributed by atoms with Gasteiger partial charge in [0.15, 0.2) is 0 Å². The monoisotopic (exact) mass is 331 g/mol. The highest BCUT2D eigenvalue weighted by molar-refractivity contribution is 5.76. The molecule has 1 fully saturated rings. The van der Waals surface area contributed by atoms with Crippen molar-refractivity contribution in [2.45, 2.75) is 52.0 Å². The maximum atomic E-state index is 12.0. The van der Waals surface area contributed by atoms with Crippen LogP contribution < -0.4 is 10.2 Å². The second-order valence-electron chi connectivity index (χ2n) is 6.86. The van der Waals surface area contributed by atoms with Crippen LogP contribution in [0.25, 0.3) is 0 Å². The Labute approximate surface area is 147 Å². The number of para-hydroxylation sites is 1. The van der Waals surface area contributed by atoms with Crippen molar-refractivity contribution in [2.75, 3.05) is 38.1 Å². The third kappa shape index (κ3) is 6.16. The first-order valence-electron chi connectivity index (χ1n) is 9.48. The van der Waals surface area contributed by atoms with Gasteiger partial charge in [-0.05, 0) is 25.1 Å². The first-order chi connectivity index (χ1) is 11.7. The van der Waals surface area contributed by atoms with Gasteiger partial charge < -0.3 is 15.1 Å². The van der Waals surface area contributed by atoms with Crippen molar-refractivity contribution in [2.24, 2.45) is 0 Å². The fourth-order valence-electron chi connectivity index (χ4n) is 3.19. The van der Waals surface area contributed by atoms with Gasteiger partial charge >= 0.3 is 0 Å². The number of carbonyl (C=O) groups is 1. The van der Waals surface area contributed by atoms with E-state index in [1.807, 2.05) is 0 Å². The van der Waals surface area contributed by atoms with E-state index in [1.165, 1.54) is 36.9 Å². The number of hydrogen-bond donors (Lipinski definition) is 1. The van der Waals surface area contributed by atoms with Crippen LogP contribution in [0, 0.1) is 0 Å². The average molecular weight is 332 g/mol. The normalized spacial score (nSPS) is 15.5. The molecule has 2 rings (SSSR count). The Kier molecular flexibility index (Phi) is 8.10. The summed E-state index contributed by atoms with van der Waals surface area (Å²) in [5.41, 5.74) is 2.50. The minimum Gasteiger partial charge on any atom is -0.369 e. The minimum absolute atomic E-state index is 0.180. The highest BCUT2D eigenvalue weighted by atomic mass is 16.1. The van der Waals surface area contributed by atoms with Crippen molar-refractivity contribution in [1.82, 2.24) is 10.2 Å². The Balaban J connectivity index is 1.79. The van der Waals surface area contributed by atoms with Crippen molar-refractivity contribution in [3.63, 3.8) is 0 Å². The van der Waals surface area contributed by atoms with E-state index in [0.29, 0.717) is 13.0 Å². The molecule has 1 aromatic carbocycles. The van der Waals surface area contributed by atoms with Crippen LogP contribution in [0.5, 0.6) is 0 Å². The SMILES string of the molecule is CCCCCCCC(=O)NCc1ccccc1N1CCN(C)CC1. The molecule has 0 atom stereocenters. The summed E-state index contributed by atoms with van der Waals surface area (Å²) < 4.78 is 0. The summed E-state index contributed by atoms with van der Waals surface area (Å²) in [6.45, 7) is 7.15. The summed E-state index contributed by atoms with van der Waals surface area (Å²) in [5, 5.41) is 3.10. The van der Waals surface area contributed by atoms with Gasteiger partial charge in [-0.15, -0.1) is 0 Å². The van der Waals surface area contributed by atoms with Crippen LogP contribution >= 0.6 is 0 Å². The van der Waals surface area contributed by atoms with Gasteiger partial charge in [-0.2, -0.15) is 0 Å². The number of nitrogens with zero attached hydrogens (tertiary/aromatic N) is 2. The van der Waals surface area contributed by atoms with Gasteiger partial charge in [0.2, 0.25) is 5.91 Å². The quantitative estimate of drug-likeness (QED) is 0.704. The Morgan fingerprint density at radius 2 is 1.75 bits per heavy atom. The van der Waals surface area contributed by atoms with E-state index in [2.05, 4.69) is 53.4 Å². The van der Waals surface area contributed by atoms with Crippen LogP contribution in [-0.2, 0) is 11.3 Å². The van der Waals surface area contributed by atoms with E-state index in [0.717, 1.165) is 32.6 Å². The van der Waals surface area contributed by atoms with Gasteiger partial charge in [-0.25, -0.2) is 0 Å². The van der Waals surface area contributed by atoms with Crippen LogP contribution in [-0.4, -0.2) is 44.0 Å². The number of amides is 1. The molecular formula is C20H33N3O. The minimum atomic E-state index is 0.180. The first kappa shape index (κ1) is 18.8. The van der Waals surface area contributed by atoms with Crippen molar-refractivity contribution in [3.05, 3.63) is 29.8 Å². The van der Waals surface area contributed by atoms with Crippen LogP contribution in [0.4, 0.5) is 5.69 Å². The summed E-state index contributed by atoms with van der Waals surface area (Å²) in [6.07, 6.45) is 6.59. The highest BCUT2D eigenvalue weighted by Crippen LogP contribution is 2.21. The molecule has 4 nitrogen and oxygen atoms in total. The van der Waals surface area contributed by atoms with E-state index < -0.39 is 0 Å². The summed E-state index contributed by atoms with van der Waals surface area (Å²) in [4.78, 5) is 16.8. The lowest BCUT2D eigenvalue weighted by molar-refractivity contribution is -0.121. The first-order valence-corrected chi connectivity index (χ1v) is 9.48. The molecule has 1 saturated heterocycles. The van der Waals surface area contributed by atoms with Gasteiger partial charge in [0.05, 0.1) is 0 Å². The molecule has 4 heteroatoms. The maximum Gasteiger partial charge on any atom is 0.220 e. The Morgan fingerprint density at radius 3 is 2.50 bits per heavy atom. The standard InChI is InChI=1S/C20H33N3O/c1-3-4-5-6-7-12-20(24)21-17-18-10-8-9-11-19(18)23-15-13-22(2)14-16-23/h8-11H,3-7,12-17H2,1-2H3,(H,21,24). The number of anilines is 1. The van der Waals surface area contributed by atoms with Gasteiger partial charge in [0.1, 0.15) is 0 Å². The highest BCUT2D eigenvalue weighted by Gasteiger charge is 2.16. The predicted octanol–water partition coefficient (Wildman–Crippen LogP) is 3.42. The topological polar surface area (TPSA) is 35.6 Å². The molecule has 0 spiro atoms. The lowest BCUT2D eigenvalue weighted by atomic mass is 10.1. The lowest BCUT2D eigenvalue weighted by Gasteiger charge is -2.35. The summed E-state index contributed by atoms with van der Waals surface area (Å²) in [7, 11) is 2.17. The zero-order chi connectivity index (χ0) is 17.2. The molecule has 0 unspecified atom stereocenters.